The topological polar surface area (TPSA) is 140 Å². The number of likely N-dealkylation sites (tertiary alicyclic amines) is 1. The molecule has 0 atom stereocenters. The van der Waals surface area contributed by atoms with Gasteiger partial charge in [0.15, 0.2) is 5.78 Å². The van der Waals surface area contributed by atoms with Crippen LogP contribution in [0.15, 0.2) is 66.0 Å². The number of carboxylic acid groups (broad SMARTS) is 2. The van der Waals surface area contributed by atoms with Crippen LogP contribution in [0.3, 0.4) is 0 Å². The van der Waals surface area contributed by atoms with E-state index in [0.29, 0.717) is 49.0 Å². The molecule has 0 bridgehead atoms. The quantitative estimate of drug-likeness (QED) is 0.192. The van der Waals surface area contributed by atoms with E-state index in [9.17, 15) is 23.6 Å². The zero-order chi connectivity index (χ0) is 32.3. The van der Waals surface area contributed by atoms with Crippen molar-refractivity contribution in [1.82, 2.24) is 10.2 Å². The summed E-state index contributed by atoms with van der Waals surface area (Å²) in [6.07, 6.45) is 6.12. The molecule has 5 rings (SSSR count). The molecule has 3 aliphatic rings. The van der Waals surface area contributed by atoms with Crippen molar-refractivity contribution in [3.8, 4) is 5.75 Å². The van der Waals surface area contributed by atoms with E-state index >= 15 is 0 Å². The number of Topliss-reactive ketones (excluding diaryl/α,β-unsaturated/α-hetero) is 1. The minimum atomic E-state index is -1.26. The summed E-state index contributed by atoms with van der Waals surface area (Å²) < 4.78 is 20.5. The molecule has 0 radical (unpaired) electrons. The molecule has 3 N–H and O–H groups in total. The van der Waals surface area contributed by atoms with Gasteiger partial charge in [-0.25, -0.2) is 14.0 Å². The van der Waals surface area contributed by atoms with Gasteiger partial charge in [-0.3, -0.25) is 9.59 Å². The van der Waals surface area contributed by atoms with Gasteiger partial charge in [-0.15, -0.1) is 0 Å². The Hall–Kier alpha value is -4.71. The zero-order valence-electron chi connectivity index (χ0n) is 25.3. The van der Waals surface area contributed by atoms with Crippen LogP contribution < -0.4 is 19.9 Å². The SMILES string of the molecule is CCN1C2=C(C(=O)NCc3ccc(OCCCN4CCCCC4)cc3F)C(=O)CCN2c2ccccc21.O=C(O)/C=C/C(=O)O. The Morgan fingerprint density at radius 2 is 1.67 bits per heavy atom. The molecule has 1 fully saturated rings. The van der Waals surface area contributed by atoms with Gasteiger partial charge in [0.25, 0.3) is 5.91 Å². The van der Waals surface area contributed by atoms with E-state index in [-0.39, 0.29) is 24.3 Å². The highest BCUT2D eigenvalue weighted by Crippen LogP contribution is 2.44. The normalized spacial score (nSPS) is 16.2. The van der Waals surface area contributed by atoms with Gasteiger partial charge < -0.3 is 35.0 Å². The predicted molar refractivity (Wildman–Crippen MR) is 167 cm³/mol. The van der Waals surface area contributed by atoms with Crippen molar-refractivity contribution in [3.63, 3.8) is 0 Å². The number of rotatable bonds is 11. The number of para-hydroxylation sites is 2. The molecule has 0 spiro atoms. The fourth-order valence-electron chi connectivity index (χ4n) is 5.63. The van der Waals surface area contributed by atoms with Crippen LogP contribution in [-0.4, -0.2) is 78.1 Å². The molecule has 1 amide bonds. The van der Waals surface area contributed by atoms with Crippen molar-refractivity contribution in [2.45, 2.75) is 45.6 Å². The van der Waals surface area contributed by atoms with Crippen molar-refractivity contribution in [3.05, 3.63) is 77.4 Å². The largest absolute Gasteiger partial charge is 0.493 e. The molecule has 11 nitrogen and oxygen atoms in total. The highest BCUT2D eigenvalue weighted by molar-refractivity contribution is 6.22. The summed E-state index contributed by atoms with van der Waals surface area (Å²) >= 11 is 0. The molecule has 2 aromatic rings. The first kappa shape index (κ1) is 33.2. The van der Waals surface area contributed by atoms with Crippen molar-refractivity contribution >= 4 is 35.0 Å². The molecule has 1 saturated heterocycles. The number of piperidine rings is 1. The van der Waals surface area contributed by atoms with E-state index in [2.05, 4.69) is 10.2 Å². The van der Waals surface area contributed by atoms with Gasteiger partial charge in [0.05, 0.1) is 18.0 Å². The lowest BCUT2D eigenvalue weighted by atomic mass is 10.0. The average Bonchev–Trinajstić information content (AvgIpc) is 3.35. The van der Waals surface area contributed by atoms with Crippen LogP contribution in [0.2, 0.25) is 0 Å². The van der Waals surface area contributed by atoms with Crippen molar-refractivity contribution in [1.29, 1.82) is 0 Å². The number of hydrogen-bond acceptors (Lipinski definition) is 8. The summed E-state index contributed by atoms with van der Waals surface area (Å²) in [5.41, 5.74) is 2.47. The first-order valence-electron chi connectivity index (χ1n) is 15.2. The fraction of sp³-hybridized carbons (Fsp3) is 0.394. The van der Waals surface area contributed by atoms with Gasteiger partial charge >= 0.3 is 11.9 Å². The second-order valence-corrected chi connectivity index (χ2v) is 10.8. The Morgan fingerprint density at radius 1 is 0.978 bits per heavy atom. The minimum absolute atomic E-state index is 0.0109. The highest BCUT2D eigenvalue weighted by atomic mass is 19.1. The number of ether oxygens (including phenoxy) is 1. The Kier molecular flexibility index (Phi) is 11.7. The number of benzene rings is 2. The molecular formula is C33H39FN4O7. The smallest absolute Gasteiger partial charge is 0.328 e. The molecule has 3 aliphatic heterocycles. The lowest BCUT2D eigenvalue weighted by Crippen LogP contribution is -2.42. The Bertz CT molecular complexity index is 1440. The van der Waals surface area contributed by atoms with Gasteiger partial charge in [-0.05, 0) is 57.5 Å². The number of nitrogens with one attached hydrogen (secondary N) is 1. The summed E-state index contributed by atoms with van der Waals surface area (Å²) in [5.74, 6) is -2.52. The second kappa shape index (κ2) is 15.8. The van der Waals surface area contributed by atoms with Crippen LogP contribution in [0.4, 0.5) is 15.8 Å². The summed E-state index contributed by atoms with van der Waals surface area (Å²) in [7, 11) is 0. The van der Waals surface area contributed by atoms with Crippen LogP contribution >= 0.6 is 0 Å². The lowest BCUT2D eigenvalue weighted by Gasteiger charge is -2.30. The molecular weight excluding hydrogens is 583 g/mol. The van der Waals surface area contributed by atoms with E-state index in [0.717, 1.165) is 37.4 Å². The second-order valence-electron chi connectivity index (χ2n) is 10.8. The van der Waals surface area contributed by atoms with Crippen LogP contribution in [0.5, 0.6) is 5.75 Å². The van der Waals surface area contributed by atoms with Crippen LogP contribution in [-0.2, 0) is 25.7 Å². The molecule has 240 valence electrons. The van der Waals surface area contributed by atoms with E-state index in [1.807, 2.05) is 41.0 Å². The van der Waals surface area contributed by atoms with E-state index in [1.54, 1.807) is 12.1 Å². The summed E-state index contributed by atoms with van der Waals surface area (Å²) in [5, 5.41) is 18.4. The standard InChI is InChI=1S/C29H35FN4O3.C4H4O4/c1-2-33-24-9-4-5-10-25(24)34-17-13-26(35)27(29(33)34)28(36)31-20-21-11-12-22(19-23(21)30)37-18-8-16-32-14-6-3-7-15-32;5-3(6)1-2-4(7)8/h4-5,9-12,19H,2-3,6-8,13-18,20H2,1H3,(H,31,36);1-2H,(H,5,6)(H,7,8)/b;2-1+. The molecule has 0 unspecified atom stereocenters. The van der Waals surface area contributed by atoms with Crippen LogP contribution in [0.1, 0.15) is 44.6 Å². The van der Waals surface area contributed by atoms with Gasteiger partial charge in [-0.2, -0.15) is 0 Å². The molecule has 3 heterocycles. The first-order chi connectivity index (χ1) is 21.7. The van der Waals surface area contributed by atoms with E-state index < -0.39 is 23.7 Å². The summed E-state index contributed by atoms with van der Waals surface area (Å²) in [6.45, 7) is 6.99. The van der Waals surface area contributed by atoms with Gasteiger partial charge in [0.2, 0.25) is 0 Å². The Morgan fingerprint density at radius 3 is 2.31 bits per heavy atom. The lowest BCUT2D eigenvalue weighted by molar-refractivity contribution is -0.134. The maximum atomic E-state index is 14.8. The third-order valence-corrected chi connectivity index (χ3v) is 7.75. The molecule has 2 aromatic carbocycles. The number of fused-ring (bicyclic) bond motifs is 3. The van der Waals surface area contributed by atoms with Gasteiger partial charge in [0.1, 0.15) is 23.0 Å². The maximum absolute atomic E-state index is 14.8. The summed E-state index contributed by atoms with van der Waals surface area (Å²) in [4.78, 5) is 51.7. The average molecular weight is 623 g/mol. The van der Waals surface area contributed by atoms with Crippen LogP contribution in [0, 0.1) is 5.82 Å². The molecule has 0 aliphatic carbocycles. The third-order valence-electron chi connectivity index (χ3n) is 7.75. The number of carbonyl (C=O) groups excluding carboxylic acids is 2. The predicted octanol–water partition coefficient (Wildman–Crippen LogP) is 3.94. The number of nitrogens with zero attached hydrogens (tertiary/aromatic N) is 3. The molecule has 0 aromatic heterocycles. The number of anilines is 2. The maximum Gasteiger partial charge on any atom is 0.328 e. The number of halogens is 1. The van der Waals surface area contributed by atoms with Crippen molar-refractivity contribution < 1.29 is 38.5 Å². The minimum Gasteiger partial charge on any atom is -0.493 e. The van der Waals surface area contributed by atoms with E-state index in [1.165, 1.54) is 25.3 Å². The van der Waals surface area contributed by atoms with Gasteiger partial charge in [0, 0.05) is 56.4 Å². The Balaban J connectivity index is 0.000000510. The number of hydrogen-bond donors (Lipinski definition) is 3. The third kappa shape index (κ3) is 8.69. The first-order valence-corrected chi connectivity index (χ1v) is 15.2. The Labute approximate surface area is 261 Å². The number of aliphatic carboxylic acids is 2. The fourth-order valence-corrected chi connectivity index (χ4v) is 5.63. The summed E-state index contributed by atoms with van der Waals surface area (Å²) in [6, 6.07) is 12.6. The highest BCUT2D eigenvalue weighted by Gasteiger charge is 2.40. The molecule has 12 heteroatoms. The van der Waals surface area contributed by atoms with E-state index in [4.69, 9.17) is 14.9 Å². The molecule has 0 saturated carbocycles. The number of carbonyl (C=O) groups is 4. The van der Waals surface area contributed by atoms with Crippen molar-refractivity contribution in [2.24, 2.45) is 0 Å². The number of amides is 1. The van der Waals surface area contributed by atoms with Gasteiger partial charge in [-0.1, -0.05) is 24.6 Å². The van der Waals surface area contributed by atoms with Crippen molar-refractivity contribution in [2.75, 3.05) is 49.1 Å². The van der Waals surface area contributed by atoms with Crippen LogP contribution in [0.25, 0.3) is 0 Å². The number of carboxylic acids is 2. The zero-order valence-corrected chi connectivity index (χ0v) is 25.3. The monoisotopic (exact) mass is 622 g/mol. The molecule has 45 heavy (non-hydrogen) atoms. The number of ketones is 1.